The van der Waals surface area contributed by atoms with Crippen molar-refractivity contribution >= 4 is 39.1 Å². The predicted molar refractivity (Wildman–Crippen MR) is 96.5 cm³/mol. The van der Waals surface area contributed by atoms with Crippen LogP contribution in [0.3, 0.4) is 0 Å². The number of carbonyl (C=O) groups is 1. The van der Waals surface area contributed by atoms with Crippen LogP contribution in [0.1, 0.15) is 24.2 Å². The van der Waals surface area contributed by atoms with Crippen molar-refractivity contribution in [1.82, 2.24) is 10.3 Å². The maximum atomic E-state index is 12.2. The van der Waals surface area contributed by atoms with Gasteiger partial charge < -0.3 is 4.74 Å². The van der Waals surface area contributed by atoms with Gasteiger partial charge in [0.1, 0.15) is 5.75 Å². The molecule has 9 heteroatoms. The molecule has 0 aliphatic carbocycles. The third-order valence-corrected chi connectivity index (χ3v) is 4.60. The Morgan fingerprint density at radius 1 is 1.04 bits per heavy atom. The van der Waals surface area contributed by atoms with Crippen LogP contribution in [0, 0.1) is 0 Å². The van der Waals surface area contributed by atoms with Gasteiger partial charge >= 0.3 is 0 Å². The molecule has 0 unspecified atom stereocenters. The summed E-state index contributed by atoms with van der Waals surface area (Å²) < 4.78 is 29.8. The molecule has 134 valence electrons. The Labute approximate surface area is 156 Å². The number of nitrogens with one attached hydrogen (secondary N) is 2. The molecule has 0 atom stereocenters. The number of amides is 1. The molecule has 0 aliphatic rings. The third-order valence-electron chi connectivity index (χ3n) is 2.93. The Morgan fingerprint density at radius 3 is 2.12 bits per heavy atom. The normalized spacial score (nSPS) is 11.4. The molecule has 1 amide bonds. The lowest BCUT2D eigenvalue weighted by atomic mass is 10.2. The van der Waals surface area contributed by atoms with Gasteiger partial charge in [-0.25, -0.2) is 8.42 Å². The van der Waals surface area contributed by atoms with Crippen molar-refractivity contribution in [1.29, 1.82) is 0 Å². The summed E-state index contributed by atoms with van der Waals surface area (Å²) in [6.45, 7) is 3.77. The number of hydrazine groups is 1. The molecule has 0 aliphatic heterocycles. The zero-order valence-corrected chi connectivity index (χ0v) is 15.7. The number of rotatable bonds is 6. The molecule has 2 aromatic carbocycles. The molecule has 0 fully saturated rings. The van der Waals surface area contributed by atoms with E-state index in [0.29, 0.717) is 5.75 Å². The zero-order valence-electron chi connectivity index (χ0n) is 13.4. The predicted octanol–water partition coefficient (Wildman–Crippen LogP) is 3.40. The fraction of sp³-hybridized carbons (Fsp3) is 0.188. The quantitative estimate of drug-likeness (QED) is 0.724. The van der Waals surface area contributed by atoms with Crippen molar-refractivity contribution in [2.75, 3.05) is 0 Å². The van der Waals surface area contributed by atoms with Crippen molar-refractivity contribution in [3.05, 3.63) is 58.1 Å². The van der Waals surface area contributed by atoms with E-state index in [4.69, 9.17) is 27.9 Å². The van der Waals surface area contributed by atoms with Gasteiger partial charge in [0.15, 0.2) is 0 Å². The maximum absolute atomic E-state index is 12.2. The summed E-state index contributed by atoms with van der Waals surface area (Å²) in [5.74, 6) is -0.00602. The highest BCUT2D eigenvalue weighted by molar-refractivity contribution is 7.89. The van der Waals surface area contributed by atoms with Gasteiger partial charge in [-0.2, -0.15) is 0 Å². The summed E-state index contributed by atoms with van der Waals surface area (Å²) in [5.41, 5.74) is 2.40. The molecule has 2 N–H and O–H groups in total. The summed E-state index contributed by atoms with van der Waals surface area (Å²) in [6, 6.07) is 10.1. The zero-order chi connectivity index (χ0) is 18.6. The molecule has 0 bridgehead atoms. The maximum Gasteiger partial charge on any atom is 0.266 e. The highest BCUT2D eigenvalue weighted by Crippen LogP contribution is 2.22. The number of carbonyl (C=O) groups excluding carboxylic acids is 1. The van der Waals surface area contributed by atoms with E-state index in [9.17, 15) is 13.2 Å². The molecule has 0 heterocycles. The molecule has 2 rings (SSSR count). The molecular formula is C16H16Cl2N2O4S. The van der Waals surface area contributed by atoms with E-state index in [0.717, 1.165) is 0 Å². The first kappa shape index (κ1) is 19.5. The smallest absolute Gasteiger partial charge is 0.266 e. The average molecular weight is 403 g/mol. The molecule has 0 radical (unpaired) electrons. The van der Waals surface area contributed by atoms with Crippen molar-refractivity contribution in [3.63, 3.8) is 0 Å². The number of ether oxygens (including phenoxy) is 1. The fourth-order valence-electron chi connectivity index (χ4n) is 1.89. The summed E-state index contributed by atoms with van der Waals surface area (Å²) in [5, 5.41) is 0.333. The van der Waals surface area contributed by atoms with Crippen molar-refractivity contribution in [2.24, 2.45) is 0 Å². The number of hydrogen-bond acceptors (Lipinski definition) is 4. The second-order valence-electron chi connectivity index (χ2n) is 5.36. The van der Waals surface area contributed by atoms with Crippen LogP contribution in [0.5, 0.6) is 5.75 Å². The Hall–Kier alpha value is -1.80. The van der Waals surface area contributed by atoms with Gasteiger partial charge in [-0.15, -0.1) is 4.83 Å². The van der Waals surface area contributed by atoms with Crippen LogP contribution in [0.2, 0.25) is 10.0 Å². The average Bonchev–Trinajstić information content (AvgIpc) is 2.52. The van der Waals surface area contributed by atoms with E-state index in [2.05, 4.69) is 5.43 Å². The van der Waals surface area contributed by atoms with Gasteiger partial charge in [-0.3, -0.25) is 10.2 Å². The standard InChI is InChI=1S/C16H16Cl2N2O4S/c1-10(2)24-14-5-3-11(4-6-14)16(21)19-20-25(22,23)15-8-12(17)7-13(18)9-15/h3-10,20H,1-2H3,(H,19,21). The summed E-state index contributed by atoms with van der Waals surface area (Å²) in [7, 11) is -4.01. The first-order valence-electron chi connectivity index (χ1n) is 7.22. The lowest BCUT2D eigenvalue weighted by molar-refractivity contribution is 0.0945. The largest absolute Gasteiger partial charge is 0.491 e. The molecule has 25 heavy (non-hydrogen) atoms. The lowest BCUT2D eigenvalue weighted by Crippen LogP contribution is -2.41. The van der Waals surface area contributed by atoms with Crippen molar-refractivity contribution in [3.8, 4) is 5.75 Å². The van der Waals surface area contributed by atoms with Crippen molar-refractivity contribution < 1.29 is 17.9 Å². The molecule has 0 aromatic heterocycles. The van der Waals surface area contributed by atoms with E-state index < -0.39 is 15.9 Å². The van der Waals surface area contributed by atoms with Gasteiger partial charge in [0, 0.05) is 15.6 Å². The Morgan fingerprint density at radius 2 is 1.60 bits per heavy atom. The monoisotopic (exact) mass is 402 g/mol. The molecule has 2 aromatic rings. The van der Waals surface area contributed by atoms with Gasteiger partial charge in [0.2, 0.25) is 0 Å². The van der Waals surface area contributed by atoms with Crippen LogP contribution in [0.4, 0.5) is 0 Å². The van der Waals surface area contributed by atoms with Crippen LogP contribution in [0.15, 0.2) is 47.4 Å². The lowest BCUT2D eigenvalue weighted by Gasteiger charge is -2.11. The Balaban J connectivity index is 2.05. The number of hydrogen-bond donors (Lipinski definition) is 2. The molecular weight excluding hydrogens is 387 g/mol. The second kappa shape index (κ2) is 8.05. The van der Waals surface area contributed by atoms with Crippen LogP contribution in [0.25, 0.3) is 0 Å². The molecule has 6 nitrogen and oxygen atoms in total. The number of halogens is 2. The van der Waals surface area contributed by atoms with E-state index in [-0.39, 0.29) is 26.6 Å². The van der Waals surface area contributed by atoms with Crippen LogP contribution in [-0.2, 0) is 10.0 Å². The van der Waals surface area contributed by atoms with Crippen LogP contribution in [-0.4, -0.2) is 20.4 Å². The van der Waals surface area contributed by atoms with Gasteiger partial charge in [-0.05, 0) is 56.3 Å². The Kier molecular flexibility index (Phi) is 6.29. The summed E-state index contributed by atoms with van der Waals surface area (Å²) >= 11 is 11.6. The summed E-state index contributed by atoms with van der Waals surface area (Å²) in [4.78, 5) is 13.9. The van der Waals surface area contributed by atoms with Crippen LogP contribution < -0.4 is 15.0 Å². The summed E-state index contributed by atoms with van der Waals surface area (Å²) in [6.07, 6.45) is 0.0102. The SMILES string of the molecule is CC(C)Oc1ccc(C(=O)NNS(=O)(=O)c2cc(Cl)cc(Cl)c2)cc1. The minimum absolute atomic E-state index is 0.0102. The van der Waals surface area contributed by atoms with E-state index in [1.54, 1.807) is 12.1 Å². The minimum atomic E-state index is -4.01. The molecule has 0 saturated carbocycles. The van der Waals surface area contributed by atoms with Crippen LogP contribution >= 0.6 is 23.2 Å². The van der Waals surface area contributed by atoms with E-state index in [1.807, 2.05) is 18.7 Å². The van der Waals surface area contributed by atoms with Gasteiger partial charge in [0.25, 0.3) is 15.9 Å². The second-order valence-corrected chi connectivity index (χ2v) is 7.91. The number of sulfonamides is 1. The minimum Gasteiger partial charge on any atom is -0.491 e. The first-order chi connectivity index (χ1) is 11.7. The van der Waals surface area contributed by atoms with Gasteiger partial charge in [0.05, 0.1) is 11.0 Å². The van der Waals surface area contributed by atoms with Gasteiger partial charge in [-0.1, -0.05) is 23.2 Å². The Bertz CT molecular complexity index is 848. The third kappa shape index (κ3) is 5.61. The van der Waals surface area contributed by atoms with E-state index in [1.165, 1.54) is 30.3 Å². The first-order valence-corrected chi connectivity index (χ1v) is 9.46. The molecule has 0 saturated heterocycles. The topological polar surface area (TPSA) is 84.5 Å². The molecule has 0 spiro atoms. The van der Waals surface area contributed by atoms with Crippen molar-refractivity contribution in [2.45, 2.75) is 24.8 Å². The van der Waals surface area contributed by atoms with E-state index >= 15 is 0 Å². The highest BCUT2D eigenvalue weighted by Gasteiger charge is 2.17. The highest BCUT2D eigenvalue weighted by atomic mass is 35.5. The fourth-order valence-corrected chi connectivity index (χ4v) is 3.45. The number of benzene rings is 2.